The summed E-state index contributed by atoms with van der Waals surface area (Å²) in [4.78, 5) is 9.52. The molecular weight excluding hydrogens is 308 g/mol. The van der Waals surface area contributed by atoms with E-state index in [0.29, 0.717) is 0 Å². The van der Waals surface area contributed by atoms with Crippen LogP contribution in [-0.2, 0) is 5.41 Å². The van der Waals surface area contributed by atoms with E-state index >= 15 is 0 Å². The average Bonchev–Trinajstić information content (AvgIpc) is 2.96. The highest BCUT2D eigenvalue weighted by atomic mass is 28.3. The van der Waals surface area contributed by atoms with Crippen molar-refractivity contribution in [2.24, 2.45) is 0 Å². The summed E-state index contributed by atoms with van der Waals surface area (Å²) in [5.41, 5.74) is 7.75. The molecule has 2 nitrogen and oxygen atoms in total. The fourth-order valence-corrected chi connectivity index (χ4v) is 7.68. The highest BCUT2D eigenvalue weighted by Crippen LogP contribution is 2.51. The second kappa shape index (κ2) is 4.22. The number of hydrogen-bond acceptors (Lipinski definition) is 2. The van der Waals surface area contributed by atoms with E-state index in [-0.39, 0.29) is 5.41 Å². The van der Waals surface area contributed by atoms with Crippen LogP contribution in [0.15, 0.2) is 48.8 Å². The number of aromatic nitrogens is 2. The Morgan fingerprint density at radius 3 is 2.33 bits per heavy atom. The molecule has 5 rings (SSSR count). The first-order valence-corrected chi connectivity index (χ1v) is 11.5. The van der Waals surface area contributed by atoms with Gasteiger partial charge in [0.15, 0.2) is 0 Å². The molecular formula is C21H20N2Si. The molecule has 1 aromatic carbocycles. The molecule has 3 heteroatoms. The van der Waals surface area contributed by atoms with Crippen molar-refractivity contribution >= 4 is 18.4 Å². The topological polar surface area (TPSA) is 25.8 Å². The van der Waals surface area contributed by atoms with Gasteiger partial charge in [-0.1, -0.05) is 51.2 Å². The monoisotopic (exact) mass is 328 g/mol. The zero-order valence-electron chi connectivity index (χ0n) is 14.5. The molecule has 0 bridgehead atoms. The molecule has 2 aliphatic rings. The maximum Gasteiger partial charge on any atom is 0.115 e. The van der Waals surface area contributed by atoms with Crippen molar-refractivity contribution in [3.63, 3.8) is 0 Å². The predicted octanol–water partition coefficient (Wildman–Crippen LogP) is 3.59. The fraction of sp³-hybridized carbons (Fsp3) is 0.238. The lowest BCUT2D eigenvalue weighted by Crippen LogP contribution is -2.49. The summed E-state index contributed by atoms with van der Waals surface area (Å²) in [6.07, 6.45) is 3.84. The molecule has 0 atom stereocenters. The molecule has 0 fully saturated rings. The Kier molecular flexibility index (Phi) is 2.48. The minimum absolute atomic E-state index is 0.0338. The van der Waals surface area contributed by atoms with Crippen molar-refractivity contribution in [2.45, 2.75) is 32.4 Å². The van der Waals surface area contributed by atoms with Gasteiger partial charge in [0.1, 0.15) is 8.07 Å². The van der Waals surface area contributed by atoms with Crippen molar-refractivity contribution < 1.29 is 0 Å². The lowest BCUT2D eigenvalue weighted by molar-refractivity contribution is 0.661. The van der Waals surface area contributed by atoms with Gasteiger partial charge in [-0.15, -0.1) is 0 Å². The summed E-state index contributed by atoms with van der Waals surface area (Å²) in [5.74, 6) is 0. The van der Waals surface area contributed by atoms with Crippen LogP contribution < -0.4 is 10.4 Å². The number of benzene rings is 1. The first-order valence-electron chi connectivity index (χ1n) is 8.53. The van der Waals surface area contributed by atoms with Crippen LogP contribution in [-0.4, -0.2) is 18.0 Å². The van der Waals surface area contributed by atoms with Crippen LogP contribution in [0.4, 0.5) is 0 Å². The van der Waals surface area contributed by atoms with Crippen molar-refractivity contribution in [3.8, 4) is 22.5 Å². The SMILES string of the molecule is CC1(C)c2cccnc2-c2ccc3c(c21)-c1ncccc1[Si]3(C)C. The number of hydrogen-bond donors (Lipinski definition) is 0. The van der Waals surface area contributed by atoms with Crippen LogP contribution in [0, 0.1) is 0 Å². The minimum Gasteiger partial charge on any atom is -0.256 e. The molecule has 1 aliphatic heterocycles. The molecule has 2 aromatic heterocycles. The first-order chi connectivity index (χ1) is 11.4. The third kappa shape index (κ3) is 1.47. The Labute approximate surface area is 143 Å². The highest BCUT2D eigenvalue weighted by Gasteiger charge is 2.46. The largest absolute Gasteiger partial charge is 0.256 e. The second-order valence-electron chi connectivity index (χ2n) is 7.96. The molecule has 3 aromatic rings. The Morgan fingerprint density at radius 2 is 1.54 bits per heavy atom. The fourth-order valence-electron chi connectivity index (χ4n) is 4.73. The number of pyridine rings is 2. The number of rotatable bonds is 0. The summed E-state index contributed by atoms with van der Waals surface area (Å²) in [6.45, 7) is 9.54. The molecule has 0 amide bonds. The van der Waals surface area contributed by atoms with E-state index in [1.807, 2.05) is 12.4 Å². The van der Waals surface area contributed by atoms with E-state index in [2.05, 4.69) is 63.3 Å². The molecule has 0 spiro atoms. The maximum atomic E-state index is 4.82. The van der Waals surface area contributed by atoms with Gasteiger partial charge in [0.2, 0.25) is 0 Å². The Bertz CT molecular complexity index is 1020. The lowest BCUT2D eigenvalue weighted by atomic mass is 9.79. The van der Waals surface area contributed by atoms with Gasteiger partial charge in [-0.2, -0.15) is 0 Å². The van der Waals surface area contributed by atoms with Gasteiger partial charge in [-0.05, 0) is 33.6 Å². The Morgan fingerprint density at radius 1 is 0.833 bits per heavy atom. The van der Waals surface area contributed by atoms with Crippen molar-refractivity contribution in [1.82, 2.24) is 9.97 Å². The molecule has 24 heavy (non-hydrogen) atoms. The Hall–Kier alpha value is -2.26. The van der Waals surface area contributed by atoms with Gasteiger partial charge in [0.05, 0.1) is 11.4 Å². The highest BCUT2D eigenvalue weighted by molar-refractivity contribution is 7.03. The summed E-state index contributed by atoms with van der Waals surface area (Å²) in [7, 11) is -1.67. The molecule has 0 saturated carbocycles. The van der Waals surface area contributed by atoms with E-state index in [1.165, 1.54) is 38.3 Å². The van der Waals surface area contributed by atoms with E-state index in [1.54, 1.807) is 0 Å². The third-order valence-corrected chi connectivity index (χ3v) is 9.47. The number of fused-ring (bicyclic) bond motifs is 7. The van der Waals surface area contributed by atoms with Gasteiger partial charge < -0.3 is 0 Å². The lowest BCUT2D eigenvalue weighted by Gasteiger charge is -2.25. The summed E-state index contributed by atoms with van der Waals surface area (Å²) in [5, 5.41) is 2.99. The quantitative estimate of drug-likeness (QED) is 0.590. The van der Waals surface area contributed by atoms with Crippen LogP contribution in [0.2, 0.25) is 13.1 Å². The second-order valence-corrected chi connectivity index (χ2v) is 12.3. The van der Waals surface area contributed by atoms with Crippen LogP contribution >= 0.6 is 0 Å². The number of nitrogens with zero attached hydrogens (tertiary/aromatic N) is 2. The van der Waals surface area contributed by atoms with Crippen LogP contribution in [0.3, 0.4) is 0 Å². The van der Waals surface area contributed by atoms with Gasteiger partial charge in [0, 0.05) is 28.9 Å². The van der Waals surface area contributed by atoms with Gasteiger partial charge in [-0.3, -0.25) is 9.97 Å². The van der Waals surface area contributed by atoms with Gasteiger partial charge in [0.25, 0.3) is 0 Å². The zero-order valence-corrected chi connectivity index (χ0v) is 15.5. The summed E-state index contributed by atoms with van der Waals surface area (Å²) >= 11 is 0. The molecule has 0 saturated heterocycles. The minimum atomic E-state index is -1.67. The summed E-state index contributed by atoms with van der Waals surface area (Å²) in [6, 6.07) is 13.3. The van der Waals surface area contributed by atoms with Crippen molar-refractivity contribution in [2.75, 3.05) is 0 Å². The van der Waals surface area contributed by atoms with E-state index in [4.69, 9.17) is 9.97 Å². The molecule has 3 heterocycles. The summed E-state index contributed by atoms with van der Waals surface area (Å²) < 4.78 is 0. The van der Waals surface area contributed by atoms with E-state index in [9.17, 15) is 0 Å². The van der Waals surface area contributed by atoms with E-state index < -0.39 is 8.07 Å². The van der Waals surface area contributed by atoms with Gasteiger partial charge in [-0.25, -0.2) is 0 Å². The Balaban J connectivity index is 1.95. The van der Waals surface area contributed by atoms with Crippen LogP contribution in [0.1, 0.15) is 25.0 Å². The standard InChI is InChI=1S/C21H20N2Si/c1-21(2)14-7-5-11-22-19(14)13-9-10-15-17(18(13)21)20-16(24(15,3)4)8-6-12-23-20/h5-12H,1-4H3. The van der Waals surface area contributed by atoms with Crippen LogP contribution in [0.5, 0.6) is 0 Å². The molecule has 0 unspecified atom stereocenters. The molecule has 1 aliphatic carbocycles. The van der Waals surface area contributed by atoms with Crippen LogP contribution in [0.25, 0.3) is 22.5 Å². The van der Waals surface area contributed by atoms with Crippen molar-refractivity contribution in [3.05, 3.63) is 59.9 Å². The predicted molar refractivity (Wildman–Crippen MR) is 102 cm³/mol. The van der Waals surface area contributed by atoms with E-state index in [0.717, 1.165) is 5.69 Å². The average molecular weight is 328 g/mol. The molecule has 118 valence electrons. The smallest absolute Gasteiger partial charge is 0.115 e. The normalized spacial score (nSPS) is 17.8. The zero-order chi connectivity index (χ0) is 16.7. The molecule has 0 radical (unpaired) electrons. The van der Waals surface area contributed by atoms with Crippen molar-refractivity contribution in [1.29, 1.82) is 0 Å². The third-order valence-electron chi connectivity index (χ3n) is 5.96. The maximum absolute atomic E-state index is 4.82. The molecule has 0 N–H and O–H groups in total. The van der Waals surface area contributed by atoms with Gasteiger partial charge >= 0.3 is 0 Å². The first kappa shape index (κ1) is 14.1.